The molecule has 1 atom stereocenters. The first kappa shape index (κ1) is 16.2. The quantitative estimate of drug-likeness (QED) is 0.855. The van der Waals surface area contributed by atoms with E-state index >= 15 is 0 Å². The van der Waals surface area contributed by atoms with Crippen LogP contribution in [0.25, 0.3) is 0 Å². The molecule has 108 valence electrons. The number of nitrogens with one attached hydrogen (secondary N) is 1. The molecule has 0 radical (unpaired) electrons. The Morgan fingerprint density at radius 1 is 1.00 bits per heavy atom. The van der Waals surface area contributed by atoms with Gasteiger partial charge >= 0.3 is 0 Å². The monoisotopic (exact) mass is 262 g/mol. The Balaban J connectivity index is 2.73. The van der Waals surface area contributed by atoms with Gasteiger partial charge in [0.05, 0.1) is 0 Å². The van der Waals surface area contributed by atoms with Gasteiger partial charge in [0.15, 0.2) is 0 Å². The van der Waals surface area contributed by atoms with Crippen LogP contribution in [0, 0.1) is 0 Å². The minimum Gasteiger partial charge on any atom is -0.327 e. The molecule has 2 heteroatoms. The van der Waals surface area contributed by atoms with E-state index in [0.717, 1.165) is 13.1 Å². The Labute approximate surface area is 118 Å². The average molecular weight is 262 g/mol. The molecule has 0 aliphatic rings. The van der Waals surface area contributed by atoms with E-state index in [1.165, 1.54) is 11.1 Å². The van der Waals surface area contributed by atoms with E-state index < -0.39 is 0 Å². The summed E-state index contributed by atoms with van der Waals surface area (Å²) in [5.41, 5.74) is 8.87. The Morgan fingerprint density at radius 3 is 1.89 bits per heavy atom. The van der Waals surface area contributed by atoms with Gasteiger partial charge in [0.2, 0.25) is 0 Å². The predicted molar refractivity (Wildman–Crippen MR) is 84.7 cm³/mol. The summed E-state index contributed by atoms with van der Waals surface area (Å²) in [5.74, 6) is 0. The van der Waals surface area contributed by atoms with Crippen molar-refractivity contribution in [3.05, 3.63) is 35.4 Å². The molecule has 0 fully saturated rings. The Hall–Kier alpha value is -0.860. The third kappa shape index (κ3) is 4.96. The lowest BCUT2D eigenvalue weighted by atomic mass is 9.81. The molecule has 0 aliphatic heterocycles. The maximum atomic E-state index is 5.77. The number of benzene rings is 1. The largest absolute Gasteiger partial charge is 0.327 e. The molecule has 0 bridgehead atoms. The molecular weight excluding hydrogens is 232 g/mol. The van der Waals surface area contributed by atoms with Crippen molar-refractivity contribution in [2.45, 2.75) is 58.4 Å². The van der Waals surface area contributed by atoms with Gasteiger partial charge in [-0.05, 0) is 23.5 Å². The fraction of sp³-hybridized carbons (Fsp3) is 0.647. The van der Waals surface area contributed by atoms with Crippen molar-refractivity contribution >= 4 is 0 Å². The zero-order valence-corrected chi connectivity index (χ0v) is 13.4. The van der Waals surface area contributed by atoms with E-state index in [-0.39, 0.29) is 16.9 Å². The first-order chi connectivity index (χ1) is 8.63. The van der Waals surface area contributed by atoms with Gasteiger partial charge in [-0.25, -0.2) is 0 Å². The molecule has 19 heavy (non-hydrogen) atoms. The van der Waals surface area contributed by atoms with Crippen molar-refractivity contribution in [3.8, 4) is 0 Å². The van der Waals surface area contributed by atoms with Gasteiger partial charge in [0, 0.05) is 24.5 Å². The van der Waals surface area contributed by atoms with Gasteiger partial charge in [0.25, 0.3) is 0 Å². The lowest BCUT2D eigenvalue weighted by Crippen LogP contribution is -2.38. The van der Waals surface area contributed by atoms with Crippen molar-refractivity contribution in [2.75, 3.05) is 13.1 Å². The summed E-state index contributed by atoms with van der Waals surface area (Å²) < 4.78 is 0. The number of hydrogen-bond acceptors (Lipinski definition) is 2. The molecular formula is C17H30N2. The van der Waals surface area contributed by atoms with E-state index in [4.69, 9.17) is 5.73 Å². The first-order valence-electron chi connectivity index (χ1n) is 7.20. The van der Waals surface area contributed by atoms with Crippen molar-refractivity contribution in [1.82, 2.24) is 5.32 Å². The maximum absolute atomic E-state index is 5.77. The van der Waals surface area contributed by atoms with Gasteiger partial charge in [-0.2, -0.15) is 0 Å². The number of nitrogens with two attached hydrogens (primary N) is 1. The number of hydrogen-bond donors (Lipinski definition) is 2. The second kappa shape index (κ2) is 6.06. The molecule has 0 heterocycles. The lowest BCUT2D eigenvalue weighted by molar-refractivity contribution is 0.458. The zero-order valence-electron chi connectivity index (χ0n) is 13.4. The van der Waals surface area contributed by atoms with E-state index in [1.54, 1.807) is 0 Å². The summed E-state index contributed by atoms with van der Waals surface area (Å²) >= 11 is 0. The van der Waals surface area contributed by atoms with E-state index in [2.05, 4.69) is 64.2 Å². The molecule has 1 aromatic rings. The van der Waals surface area contributed by atoms with E-state index in [9.17, 15) is 0 Å². The summed E-state index contributed by atoms with van der Waals surface area (Å²) in [6.45, 7) is 15.1. The van der Waals surface area contributed by atoms with Crippen LogP contribution in [-0.4, -0.2) is 19.1 Å². The van der Waals surface area contributed by atoms with Gasteiger partial charge in [-0.3, -0.25) is 0 Å². The van der Waals surface area contributed by atoms with Crippen molar-refractivity contribution in [2.24, 2.45) is 5.73 Å². The van der Waals surface area contributed by atoms with Crippen LogP contribution in [0.1, 0.15) is 52.7 Å². The summed E-state index contributed by atoms with van der Waals surface area (Å²) in [5, 5.41) is 3.44. The van der Waals surface area contributed by atoms with Gasteiger partial charge in [-0.1, -0.05) is 58.9 Å². The van der Waals surface area contributed by atoms with Gasteiger partial charge in [-0.15, -0.1) is 0 Å². The van der Waals surface area contributed by atoms with Gasteiger partial charge < -0.3 is 11.1 Å². The average Bonchev–Trinajstić information content (AvgIpc) is 2.27. The Kier molecular flexibility index (Phi) is 5.17. The normalized spacial score (nSPS) is 14.5. The third-order valence-electron chi connectivity index (χ3n) is 3.57. The molecule has 1 aromatic carbocycles. The van der Waals surface area contributed by atoms with E-state index in [0.29, 0.717) is 0 Å². The molecule has 0 aromatic heterocycles. The highest BCUT2D eigenvalue weighted by atomic mass is 14.9. The predicted octanol–water partition coefficient (Wildman–Crippen LogP) is 3.20. The lowest BCUT2D eigenvalue weighted by Gasteiger charge is -2.27. The van der Waals surface area contributed by atoms with E-state index in [1.807, 2.05) is 6.92 Å². The van der Waals surface area contributed by atoms with Crippen molar-refractivity contribution in [1.29, 1.82) is 0 Å². The molecule has 1 rings (SSSR count). The molecule has 0 aliphatic carbocycles. The molecule has 0 saturated carbocycles. The Morgan fingerprint density at radius 2 is 1.47 bits per heavy atom. The molecule has 3 N–H and O–H groups in total. The summed E-state index contributed by atoms with van der Waals surface area (Å²) in [4.78, 5) is 0. The van der Waals surface area contributed by atoms with Crippen LogP contribution in [0.15, 0.2) is 24.3 Å². The highest BCUT2D eigenvalue weighted by Gasteiger charge is 2.21. The van der Waals surface area contributed by atoms with Crippen LogP contribution in [0.2, 0.25) is 0 Å². The highest BCUT2D eigenvalue weighted by molar-refractivity contribution is 5.31. The maximum Gasteiger partial charge on any atom is 0.0136 e. The second-order valence-electron chi connectivity index (χ2n) is 7.32. The minimum atomic E-state index is 0.130. The van der Waals surface area contributed by atoms with Crippen LogP contribution in [0.4, 0.5) is 0 Å². The molecule has 0 amide bonds. The molecule has 1 unspecified atom stereocenters. The number of rotatable bonds is 5. The molecule has 2 nitrogen and oxygen atoms in total. The first-order valence-corrected chi connectivity index (χ1v) is 7.20. The van der Waals surface area contributed by atoms with Gasteiger partial charge in [0.1, 0.15) is 0 Å². The molecule has 0 spiro atoms. The SMILES string of the molecule is CC(N)CNCC(C)(C)c1ccc(C(C)(C)C)cc1. The fourth-order valence-electron chi connectivity index (χ4n) is 2.14. The summed E-state index contributed by atoms with van der Waals surface area (Å²) in [7, 11) is 0. The third-order valence-corrected chi connectivity index (χ3v) is 3.57. The molecule has 0 saturated heterocycles. The van der Waals surface area contributed by atoms with Crippen LogP contribution in [0.5, 0.6) is 0 Å². The van der Waals surface area contributed by atoms with Crippen LogP contribution >= 0.6 is 0 Å². The zero-order chi connectivity index (χ0) is 14.7. The minimum absolute atomic E-state index is 0.130. The topological polar surface area (TPSA) is 38.0 Å². The van der Waals surface area contributed by atoms with Crippen LogP contribution in [0.3, 0.4) is 0 Å². The standard InChI is InChI=1S/C17H30N2/c1-13(18)11-19-12-17(5,6)15-9-7-14(8-10-15)16(2,3)4/h7-10,13,19H,11-12,18H2,1-6H3. The van der Waals surface area contributed by atoms with Crippen molar-refractivity contribution < 1.29 is 0 Å². The van der Waals surface area contributed by atoms with Crippen LogP contribution in [-0.2, 0) is 10.8 Å². The van der Waals surface area contributed by atoms with Crippen molar-refractivity contribution in [3.63, 3.8) is 0 Å². The second-order valence-corrected chi connectivity index (χ2v) is 7.32. The summed E-state index contributed by atoms with van der Waals surface area (Å²) in [6.07, 6.45) is 0. The fourth-order valence-corrected chi connectivity index (χ4v) is 2.14. The highest BCUT2D eigenvalue weighted by Crippen LogP contribution is 2.27. The smallest absolute Gasteiger partial charge is 0.0136 e. The van der Waals surface area contributed by atoms with Crippen LogP contribution < -0.4 is 11.1 Å². The summed E-state index contributed by atoms with van der Waals surface area (Å²) in [6, 6.07) is 9.23. The Bertz CT molecular complexity index is 383.